The predicted octanol–water partition coefficient (Wildman–Crippen LogP) is 5.86. The summed E-state index contributed by atoms with van der Waals surface area (Å²) >= 11 is 0. The van der Waals surface area contributed by atoms with Crippen molar-refractivity contribution in [1.29, 1.82) is 0 Å². The zero-order valence-electron chi connectivity index (χ0n) is 15.0. The van der Waals surface area contributed by atoms with Gasteiger partial charge in [0.25, 0.3) is 0 Å². The molecule has 0 aromatic heterocycles. The van der Waals surface area contributed by atoms with E-state index < -0.39 is 0 Å². The molecule has 0 fully saturated rings. The van der Waals surface area contributed by atoms with Crippen LogP contribution in [0, 0.1) is 6.92 Å². The standard InChI is InChI=1S/C24H25N/c1-18-13-14-22-16-24(21-11-7-4-8-12-21)25(19(2)23(22)15-18)17-20-9-5-3-6-10-20/h3-15,19,24H,16-17H2,1-2H3. The van der Waals surface area contributed by atoms with Gasteiger partial charge in [0.1, 0.15) is 0 Å². The monoisotopic (exact) mass is 327 g/mol. The Morgan fingerprint density at radius 1 is 0.880 bits per heavy atom. The summed E-state index contributed by atoms with van der Waals surface area (Å²) in [6, 6.07) is 29.6. The average Bonchev–Trinajstić information content (AvgIpc) is 2.66. The van der Waals surface area contributed by atoms with Crippen LogP contribution in [0.1, 0.15) is 46.8 Å². The second-order valence-corrected chi connectivity index (χ2v) is 7.17. The molecule has 126 valence electrons. The first-order valence-corrected chi connectivity index (χ1v) is 9.16. The van der Waals surface area contributed by atoms with E-state index in [-0.39, 0.29) is 0 Å². The van der Waals surface area contributed by atoms with E-state index in [1.165, 1.54) is 27.8 Å². The summed E-state index contributed by atoms with van der Waals surface area (Å²) < 4.78 is 0. The maximum atomic E-state index is 2.66. The van der Waals surface area contributed by atoms with Crippen molar-refractivity contribution in [2.75, 3.05) is 0 Å². The van der Waals surface area contributed by atoms with Crippen molar-refractivity contribution in [3.63, 3.8) is 0 Å². The Kier molecular flexibility index (Phi) is 4.42. The summed E-state index contributed by atoms with van der Waals surface area (Å²) in [6.07, 6.45) is 1.08. The minimum absolute atomic E-state index is 0.411. The van der Waals surface area contributed by atoms with Crippen LogP contribution in [0.15, 0.2) is 78.9 Å². The Labute approximate surface area is 150 Å². The van der Waals surface area contributed by atoms with Crippen LogP contribution >= 0.6 is 0 Å². The maximum Gasteiger partial charge on any atom is 0.0398 e. The van der Waals surface area contributed by atoms with E-state index in [1.54, 1.807) is 0 Å². The zero-order valence-corrected chi connectivity index (χ0v) is 15.0. The summed E-state index contributed by atoms with van der Waals surface area (Å²) in [6.45, 7) is 5.53. The third kappa shape index (κ3) is 3.25. The molecular formula is C24H25N. The first-order valence-electron chi connectivity index (χ1n) is 9.16. The van der Waals surface area contributed by atoms with E-state index >= 15 is 0 Å². The Bertz CT molecular complexity index is 838. The first-order chi connectivity index (χ1) is 12.2. The zero-order chi connectivity index (χ0) is 17.2. The van der Waals surface area contributed by atoms with E-state index in [2.05, 4.69) is 97.6 Å². The van der Waals surface area contributed by atoms with Gasteiger partial charge in [-0.1, -0.05) is 84.4 Å². The van der Waals surface area contributed by atoms with Crippen molar-refractivity contribution >= 4 is 0 Å². The summed E-state index contributed by atoms with van der Waals surface area (Å²) in [5.41, 5.74) is 7.13. The molecule has 3 aromatic rings. The molecule has 2 unspecified atom stereocenters. The van der Waals surface area contributed by atoms with Crippen molar-refractivity contribution in [3.8, 4) is 0 Å². The van der Waals surface area contributed by atoms with Gasteiger partial charge in [0.15, 0.2) is 0 Å². The van der Waals surface area contributed by atoms with Gasteiger partial charge < -0.3 is 0 Å². The molecule has 4 rings (SSSR count). The molecule has 3 aromatic carbocycles. The highest BCUT2D eigenvalue weighted by molar-refractivity contribution is 5.38. The van der Waals surface area contributed by atoms with E-state index in [4.69, 9.17) is 0 Å². The molecule has 0 N–H and O–H groups in total. The van der Waals surface area contributed by atoms with E-state index in [0.29, 0.717) is 12.1 Å². The molecule has 25 heavy (non-hydrogen) atoms. The van der Waals surface area contributed by atoms with Gasteiger partial charge in [-0.25, -0.2) is 0 Å². The van der Waals surface area contributed by atoms with Gasteiger partial charge in [0.05, 0.1) is 0 Å². The fourth-order valence-corrected chi connectivity index (χ4v) is 4.09. The van der Waals surface area contributed by atoms with Gasteiger partial charge in [-0.3, -0.25) is 4.90 Å². The van der Waals surface area contributed by atoms with Gasteiger partial charge in [-0.2, -0.15) is 0 Å². The number of aryl methyl sites for hydroxylation is 1. The van der Waals surface area contributed by atoms with Gasteiger partial charge in [0.2, 0.25) is 0 Å². The van der Waals surface area contributed by atoms with Crippen LogP contribution in [0.25, 0.3) is 0 Å². The van der Waals surface area contributed by atoms with Crippen molar-refractivity contribution in [1.82, 2.24) is 4.90 Å². The van der Waals surface area contributed by atoms with E-state index in [0.717, 1.165) is 13.0 Å². The Morgan fingerprint density at radius 3 is 2.28 bits per heavy atom. The van der Waals surface area contributed by atoms with Crippen molar-refractivity contribution < 1.29 is 0 Å². The minimum Gasteiger partial charge on any atom is -0.285 e. The van der Waals surface area contributed by atoms with Crippen LogP contribution in [-0.2, 0) is 13.0 Å². The highest BCUT2D eigenvalue weighted by Crippen LogP contribution is 2.41. The molecule has 0 bridgehead atoms. The molecule has 2 atom stereocenters. The van der Waals surface area contributed by atoms with Gasteiger partial charge in [-0.15, -0.1) is 0 Å². The van der Waals surface area contributed by atoms with Crippen LogP contribution < -0.4 is 0 Å². The summed E-state index contributed by atoms with van der Waals surface area (Å²) in [5.74, 6) is 0. The second kappa shape index (κ2) is 6.85. The number of hydrogen-bond donors (Lipinski definition) is 0. The highest BCUT2D eigenvalue weighted by atomic mass is 15.2. The summed E-state index contributed by atoms with van der Waals surface area (Å²) in [4.78, 5) is 2.66. The second-order valence-electron chi connectivity index (χ2n) is 7.17. The molecule has 1 heteroatoms. The van der Waals surface area contributed by atoms with Crippen LogP contribution in [0.3, 0.4) is 0 Å². The van der Waals surface area contributed by atoms with Gasteiger partial charge >= 0.3 is 0 Å². The number of hydrogen-bond acceptors (Lipinski definition) is 1. The molecule has 1 nitrogen and oxygen atoms in total. The third-order valence-electron chi connectivity index (χ3n) is 5.45. The van der Waals surface area contributed by atoms with Gasteiger partial charge in [0, 0.05) is 18.6 Å². The lowest BCUT2D eigenvalue weighted by Crippen LogP contribution is -2.36. The lowest BCUT2D eigenvalue weighted by molar-refractivity contribution is 0.118. The average molecular weight is 327 g/mol. The molecule has 0 saturated carbocycles. The molecule has 0 aliphatic carbocycles. The summed E-state index contributed by atoms with van der Waals surface area (Å²) in [5, 5.41) is 0. The number of nitrogens with zero attached hydrogens (tertiary/aromatic N) is 1. The van der Waals surface area contributed by atoms with Crippen molar-refractivity contribution in [2.24, 2.45) is 0 Å². The molecule has 1 aliphatic heterocycles. The van der Waals surface area contributed by atoms with E-state index in [9.17, 15) is 0 Å². The molecule has 1 heterocycles. The molecule has 1 aliphatic rings. The highest BCUT2D eigenvalue weighted by Gasteiger charge is 2.32. The molecular weight excluding hydrogens is 302 g/mol. The van der Waals surface area contributed by atoms with Crippen molar-refractivity contribution in [2.45, 2.75) is 38.9 Å². The normalized spacial score (nSPS) is 20.2. The predicted molar refractivity (Wildman–Crippen MR) is 104 cm³/mol. The van der Waals surface area contributed by atoms with Crippen LogP contribution in [-0.4, -0.2) is 4.90 Å². The first kappa shape index (κ1) is 16.1. The quantitative estimate of drug-likeness (QED) is 0.583. The molecule has 0 saturated heterocycles. The number of rotatable bonds is 3. The maximum absolute atomic E-state index is 2.66. The minimum atomic E-state index is 0.411. The van der Waals surface area contributed by atoms with Crippen LogP contribution in [0.2, 0.25) is 0 Å². The van der Waals surface area contributed by atoms with Crippen LogP contribution in [0.5, 0.6) is 0 Å². The van der Waals surface area contributed by atoms with E-state index in [1.807, 2.05) is 0 Å². The Hall–Kier alpha value is -2.38. The topological polar surface area (TPSA) is 3.24 Å². The Morgan fingerprint density at radius 2 is 1.56 bits per heavy atom. The fraction of sp³-hybridized carbons (Fsp3) is 0.250. The lowest BCUT2D eigenvalue weighted by Gasteiger charge is -2.42. The number of benzene rings is 3. The smallest absolute Gasteiger partial charge is 0.0398 e. The number of fused-ring (bicyclic) bond motifs is 1. The SMILES string of the molecule is Cc1ccc2c(c1)C(C)N(Cc1ccccc1)C(c1ccccc1)C2. The van der Waals surface area contributed by atoms with Crippen LogP contribution in [0.4, 0.5) is 0 Å². The fourth-order valence-electron chi connectivity index (χ4n) is 4.09. The molecule has 0 radical (unpaired) electrons. The summed E-state index contributed by atoms with van der Waals surface area (Å²) in [7, 11) is 0. The third-order valence-corrected chi connectivity index (χ3v) is 5.45. The molecule has 0 amide bonds. The largest absolute Gasteiger partial charge is 0.285 e. The van der Waals surface area contributed by atoms with Crippen molar-refractivity contribution in [3.05, 3.63) is 107 Å². The molecule has 0 spiro atoms. The van der Waals surface area contributed by atoms with Gasteiger partial charge in [-0.05, 0) is 42.5 Å². The Balaban J connectivity index is 1.76. The lowest BCUT2D eigenvalue weighted by atomic mass is 9.84.